The average Bonchev–Trinajstić information content (AvgIpc) is 2.58. The van der Waals surface area contributed by atoms with E-state index in [0.29, 0.717) is 11.7 Å². The van der Waals surface area contributed by atoms with Gasteiger partial charge >= 0.3 is 0 Å². The van der Waals surface area contributed by atoms with Gasteiger partial charge in [0.25, 0.3) is 0 Å². The van der Waals surface area contributed by atoms with E-state index in [1.807, 2.05) is 0 Å². The summed E-state index contributed by atoms with van der Waals surface area (Å²) in [5, 5.41) is 3.99. The summed E-state index contributed by atoms with van der Waals surface area (Å²) in [7, 11) is 0. The standard InChI is InChI=1S/C11H19N3OS/c1-10(2,3)16-7-8-13-9(14-15-8)11(12)5-4-6-11/h4-7,12H2,1-3H3. The molecule has 5 heteroatoms. The monoisotopic (exact) mass is 241 g/mol. The second kappa shape index (κ2) is 4.04. The van der Waals surface area contributed by atoms with E-state index < -0.39 is 0 Å². The molecule has 0 radical (unpaired) electrons. The SMILES string of the molecule is CC(C)(C)SCc1nc(C2(N)CCC2)no1. The van der Waals surface area contributed by atoms with E-state index in [2.05, 4.69) is 30.9 Å². The van der Waals surface area contributed by atoms with Crippen molar-refractivity contribution >= 4 is 11.8 Å². The fraction of sp³-hybridized carbons (Fsp3) is 0.818. The van der Waals surface area contributed by atoms with Crippen LogP contribution < -0.4 is 5.73 Å². The van der Waals surface area contributed by atoms with Crippen LogP contribution in [0.25, 0.3) is 0 Å². The van der Waals surface area contributed by atoms with Gasteiger partial charge in [0.1, 0.15) is 0 Å². The molecule has 0 amide bonds. The summed E-state index contributed by atoms with van der Waals surface area (Å²) < 4.78 is 5.43. The van der Waals surface area contributed by atoms with Gasteiger partial charge in [0, 0.05) is 4.75 Å². The van der Waals surface area contributed by atoms with Crippen molar-refractivity contribution in [3.8, 4) is 0 Å². The second-order valence-corrected chi connectivity index (χ2v) is 7.22. The number of rotatable bonds is 3. The summed E-state index contributed by atoms with van der Waals surface area (Å²) in [6.45, 7) is 6.52. The Morgan fingerprint density at radius 1 is 1.44 bits per heavy atom. The van der Waals surface area contributed by atoms with Crippen LogP contribution >= 0.6 is 11.8 Å². The first-order chi connectivity index (χ1) is 7.39. The van der Waals surface area contributed by atoms with Crippen molar-refractivity contribution in [1.29, 1.82) is 0 Å². The summed E-state index contributed by atoms with van der Waals surface area (Å²) in [6.07, 6.45) is 3.11. The van der Waals surface area contributed by atoms with Gasteiger partial charge in [0.05, 0.1) is 11.3 Å². The van der Waals surface area contributed by atoms with Crippen LogP contribution in [0.1, 0.15) is 51.7 Å². The van der Waals surface area contributed by atoms with Gasteiger partial charge in [-0.05, 0) is 19.3 Å². The maximum atomic E-state index is 6.13. The van der Waals surface area contributed by atoms with E-state index in [1.54, 1.807) is 11.8 Å². The highest BCUT2D eigenvalue weighted by molar-refractivity contribution is 7.99. The molecule has 1 aliphatic rings. The van der Waals surface area contributed by atoms with Crippen LogP contribution in [0.5, 0.6) is 0 Å². The molecule has 1 aromatic heterocycles. The molecular weight excluding hydrogens is 222 g/mol. The highest BCUT2D eigenvalue weighted by atomic mass is 32.2. The minimum atomic E-state index is -0.311. The number of hydrogen-bond acceptors (Lipinski definition) is 5. The molecule has 2 N–H and O–H groups in total. The fourth-order valence-corrected chi connectivity index (χ4v) is 2.25. The van der Waals surface area contributed by atoms with Crippen molar-refractivity contribution in [2.75, 3.05) is 0 Å². The first-order valence-corrected chi connectivity index (χ1v) is 6.64. The zero-order valence-corrected chi connectivity index (χ0v) is 10.9. The summed E-state index contributed by atoms with van der Waals surface area (Å²) in [5.74, 6) is 2.13. The first-order valence-electron chi connectivity index (χ1n) is 5.65. The van der Waals surface area contributed by atoms with Gasteiger partial charge in [0.2, 0.25) is 5.89 Å². The van der Waals surface area contributed by atoms with Gasteiger partial charge in [-0.3, -0.25) is 0 Å². The van der Waals surface area contributed by atoms with Crippen molar-refractivity contribution in [2.45, 2.75) is 56.1 Å². The smallest absolute Gasteiger partial charge is 0.236 e. The van der Waals surface area contributed by atoms with Gasteiger partial charge in [-0.15, -0.1) is 11.8 Å². The van der Waals surface area contributed by atoms with Gasteiger partial charge in [-0.2, -0.15) is 4.98 Å². The molecule has 1 heterocycles. The summed E-state index contributed by atoms with van der Waals surface area (Å²) in [5.41, 5.74) is 5.82. The molecule has 90 valence electrons. The lowest BCUT2D eigenvalue weighted by Gasteiger charge is -2.34. The first kappa shape index (κ1) is 11.9. The van der Waals surface area contributed by atoms with E-state index >= 15 is 0 Å². The number of nitrogens with two attached hydrogens (primary N) is 1. The normalized spacial score (nSPS) is 19.5. The van der Waals surface area contributed by atoms with Gasteiger partial charge in [-0.1, -0.05) is 25.9 Å². The topological polar surface area (TPSA) is 64.9 Å². The van der Waals surface area contributed by atoms with Crippen molar-refractivity contribution in [3.05, 3.63) is 11.7 Å². The average molecular weight is 241 g/mol. The molecule has 1 aromatic rings. The summed E-state index contributed by atoms with van der Waals surface area (Å²) in [4.78, 5) is 4.38. The molecule has 0 spiro atoms. The Morgan fingerprint density at radius 3 is 2.62 bits per heavy atom. The van der Waals surface area contributed by atoms with Gasteiger partial charge < -0.3 is 10.3 Å². The third-order valence-electron chi connectivity index (χ3n) is 2.79. The zero-order valence-electron chi connectivity index (χ0n) is 10.1. The van der Waals surface area contributed by atoms with Crippen molar-refractivity contribution < 1.29 is 4.52 Å². The lowest BCUT2D eigenvalue weighted by Crippen LogP contribution is -2.44. The molecule has 1 saturated carbocycles. The molecule has 0 aliphatic heterocycles. The molecule has 1 aliphatic carbocycles. The number of nitrogens with zero attached hydrogens (tertiary/aromatic N) is 2. The van der Waals surface area contributed by atoms with Crippen LogP contribution in [-0.2, 0) is 11.3 Å². The third-order valence-corrected chi connectivity index (χ3v) is 4.05. The highest BCUT2D eigenvalue weighted by Crippen LogP contribution is 2.37. The second-order valence-electron chi connectivity index (χ2n) is 5.42. The van der Waals surface area contributed by atoms with Crippen LogP contribution in [-0.4, -0.2) is 14.9 Å². The van der Waals surface area contributed by atoms with Crippen LogP contribution in [0.2, 0.25) is 0 Å². The van der Waals surface area contributed by atoms with Crippen LogP contribution in [0, 0.1) is 0 Å². The Kier molecular flexibility index (Phi) is 3.01. The number of hydrogen-bond donors (Lipinski definition) is 1. The minimum absolute atomic E-state index is 0.214. The van der Waals surface area contributed by atoms with Gasteiger partial charge in [0.15, 0.2) is 5.82 Å². The molecule has 0 unspecified atom stereocenters. The largest absolute Gasteiger partial charge is 0.338 e. The molecule has 0 saturated heterocycles. The zero-order chi connectivity index (χ0) is 11.8. The Morgan fingerprint density at radius 2 is 2.12 bits per heavy atom. The molecular formula is C11H19N3OS. The Balaban J connectivity index is 1.97. The lowest BCUT2D eigenvalue weighted by molar-refractivity contribution is 0.229. The van der Waals surface area contributed by atoms with E-state index in [0.717, 1.165) is 25.0 Å². The minimum Gasteiger partial charge on any atom is -0.338 e. The maximum Gasteiger partial charge on any atom is 0.236 e. The number of thioether (sulfide) groups is 1. The summed E-state index contributed by atoms with van der Waals surface area (Å²) >= 11 is 1.80. The van der Waals surface area contributed by atoms with Crippen LogP contribution in [0.4, 0.5) is 0 Å². The predicted molar refractivity (Wildman–Crippen MR) is 65.1 cm³/mol. The quantitative estimate of drug-likeness (QED) is 0.880. The van der Waals surface area contributed by atoms with Gasteiger partial charge in [-0.25, -0.2) is 0 Å². The highest BCUT2D eigenvalue weighted by Gasteiger charge is 2.38. The van der Waals surface area contributed by atoms with Crippen molar-refractivity contribution in [3.63, 3.8) is 0 Å². The molecule has 4 nitrogen and oxygen atoms in total. The predicted octanol–water partition coefficient (Wildman–Crippen LogP) is 2.44. The molecule has 0 bridgehead atoms. The van der Waals surface area contributed by atoms with Crippen LogP contribution in [0.15, 0.2) is 4.52 Å². The summed E-state index contributed by atoms with van der Waals surface area (Å²) in [6, 6.07) is 0. The number of aromatic nitrogens is 2. The third kappa shape index (κ3) is 2.58. The molecule has 1 fully saturated rings. The molecule has 0 aromatic carbocycles. The van der Waals surface area contributed by atoms with E-state index in [-0.39, 0.29) is 10.3 Å². The van der Waals surface area contributed by atoms with E-state index in [9.17, 15) is 0 Å². The van der Waals surface area contributed by atoms with Crippen LogP contribution in [0.3, 0.4) is 0 Å². The van der Waals surface area contributed by atoms with E-state index in [1.165, 1.54) is 0 Å². The molecule has 2 rings (SSSR count). The van der Waals surface area contributed by atoms with E-state index in [4.69, 9.17) is 10.3 Å². The molecule has 16 heavy (non-hydrogen) atoms. The van der Waals surface area contributed by atoms with Crippen molar-refractivity contribution in [1.82, 2.24) is 10.1 Å². The Bertz CT molecular complexity index is 366. The van der Waals surface area contributed by atoms with Crippen molar-refractivity contribution in [2.24, 2.45) is 5.73 Å². The lowest BCUT2D eigenvalue weighted by atomic mass is 9.77. The fourth-order valence-electron chi connectivity index (χ4n) is 1.58. The Hall–Kier alpha value is -0.550. The Labute approximate surface area is 100 Å². The molecule has 0 atom stereocenters. The maximum absolute atomic E-state index is 6.13.